The number of carbonyl (C=O) groups is 1. The van der Waals surface area contributed by atoms with Gasteiger partial charge in [0.05, 0.1) is 13.2 Å². The van der Waals surface area contributed by atoms with Crippen molar-refractivity contribution >= 4 is 6.09 Å². The van der Waals surface area contributed by atoms with Crippen LogP contribution in [-0.4, -0.2) is 42.9 Å². The molecule has 0 bridgehead atoms. The molecule has 0 heterocycles. The van der Waals surface area contributed by atoms with Gasteiger partial charge in [-0.15, -0.1) is 0 Å². The molecule has 0 fully saturated rings. The van der Waals surface area contributed by atoms with Crippen LogP contribution in [0, 0.1) is 0 Å². The molecule has 0 saturated heterocycles. The van der Waals surface area contributed by atoms with Crippen LogP contribution in [-0.2, 0) is 4.74 Å². The quantitative estimate of drug-likeness (QED) is 0.614. The summed E-state index contributed by atoms with van der Waals surface area (Å²) in [5.41, 5.74) is 0. The molecule has 0 radical (unpaired) electrons. The van der Waals surface area contributed by atoms with Gasteiger partial charge in [-0.3, -0.25) is 0 Å². The van der Waals surface area contributed by atoms with Crippen molar-refractivity contribution in [3.8, 4) is 0 Å². The van der Waals surface area contributed by atoms with Gasteiger partial charge < -0.3 is 14.7 Å². The number of rotatable bonds is 3. The van der Waals surface area contributed by atoms with Gasteiger partial charge in [0.2, 0.25) is 0 Å². The van der Waals surface area contributed by atoms with E-state index in [1.807, 2.05) is 0 Å². The van der Waals surface area contributed by atoms with Gasteiger partial charge in [0, 0.05) is 13.6 Å². The number of carbonyl (C=O) groups excluding carboxylic acids is 1. The van der Waals surface area contributed by atoms with Crippen molar-refractivity contribution in [1.82, 2.24) is 4.90 Å². The van der Waals surface area contributed by atoms with Crippen molar-refractivity contribution in [2.75, 3.05) is 26.8 Å². The van der Waals surface area contributed by atoms with Crippen molar-refractivity contribution in [2.24, 2.45) is 0 Å². The molecule has 0 aromatic heterocycles. The Bertz CT molecular complexity index is 105. The molecular formula is C6H13NO3. The molecule has 0 aliphatic heterocycles. The van der Waals surface area contributed by atoms with Crippen LogP contribution in [0.3, 0.4) is 0 Å². The number of aliphatic hydroxyl groups excluding tert-OH is 1. The normalized spacial score (nSPS) is 9.10. The highest BCUT2D eigenvalue weighted by Gasteiger charge is 2.06. The molecule has 0 aromatic rings. The first-order valence-corrected chi connectivity index (χ1v) is 3.21. The third-order valence-electron chi connectivity index (χ3n) is 1.01. The van der Waals surface area contributed by atoms with Gasteiger partial charge in [-0.25, -0.2) is 4.79 Å². The molecule has 0 atom stereocenters. The molecule has 0 aliphatic carbocycles. The summed E-state index contributed by atoms with van der Waals surface area (Å²) in [5, 5.41) is 8.40. The van der Waals surface area contributed by atoms with Crippen molar-refractivity contribution in [2.45, 2.75) is 6.92 Å². The van der Waals surface area contributed by atoms with E-state index in [2.05, 4.69) is 4.74 Å². The van der Waals surface area contributed by atoms with Gasteiger partial charge in [-0.1, -0.05) is 0 Å². The van der Waals surface area contributed by atoms with E-state index in [1.165, 1.54) is 4.90 Å². The van der Waals surface area contributed by atoms with E-state index in [0.29, 0.717) is 13.2 Å². The van der Waals surface area contributed by atoms with Crippen molar-refractivity contribution in [3.05, 3.63) is 0 Å². The van der Waals surface area contributed by atoms with E-state index < -0.39 is 6.09 Å². The minimum atomic E-state index is -0.392. The summed E-state index contributed by atoms with van der Waals surface area (Å²) in [6.45, 7) is 2.40. The lowest BCUT2D eigenvalue weighted by Gasteiger charge is -2.13. The molecule has 1 N–H and O–H groups in total. The van der Waals surface area contributed by atoms with Gasteiger partial charge in [-0.2, -0.15) is 0 Å². The Kier molecular flexibility index (Phi) is 4.66. The van der Waals surface area contributed by atoms with Gasteiger partial charge in [0.1, 0.15) is 0 Å². The fourth-order valence-corrected chi connectivity index (χ4v) is 0.475. The largest absolute Gasteiger partial charge is 0.450 e. The number of likely N-dealkylation sites (N-methyl/N-ethyl adjacent to an activating group) is 1. The van der Waals surface area contributed by atoms with Crippen LogP contribution >= 0.6 is 0 Å². The van der Waals surface area contributed by atoms with Crippen LogP contribution in [0.15, 0.2) is 0 Å². The molecular weight excluding hydrogens is 134 g/mol. The van der Waals surface area contributed by atoms with E-state index in [-0.39, 0.29) is 6.61 Å². The second-order valence-electron chi connectivity index (χ2n) is 1.84. The summed E-state index contributed by atoms with van der Waals surface area (Å²) in [6, 6.07) is 0. The molecule has 0 aliphatic rings. The first-order valence-electron chi connectivity index (χ1n) is 3.21. The SMILES string of the molecule is CCOC(=O)N(C)CCO. The van der Waals surface area contributed by atoms with Crippen LogP contribution in [0.2, 0.25) is 0 Å². The molecule has 0 spiro atoms. The van der Waals surface area contributed by atoms with E-state index in [4.69, 9.17) is 5.11 Å². The van der Waals surface area contributed by atoms with E-state index >= 15 is 0 Å². The minimum Gasteiger partial charge on any atom is -0.450 e. The van der Waals surface area contributed by atoms with Crippen molar-refractivity contribution < 1.29 is 14.6 Å². The van der Waals surface area contributed by atoms with Gasteiger partial charge >= 0.3 is 6.09 Å². The van der Waals surface area contributed by atoms with Crippen LogP contribution in [0.5, 0.6) is 0 Å². The Hall–Kier alpha value is -0.770. The first kappa shape index (κ1) is 9.23. The van der Waals surface area contributed by atoms with Crippen LogP contribution < -0.4 is 0 Å². The third kappa shape index (κ3) is 3.29. The smallest absolute Gasteiger partial charge is 0.409 e. The summed E-state index contributed by atoms with van der Waals surface area (Å²) in [7, 11) is 1.58. The maximum Gasteiger partial charge on any atom is 0.409 e. The number of nitrogens with zero attached hydrogens (tertiary/aromatic N) is 1. The Morgan fingerprint density at radius 3 is 2.70 bits per heavy atom. The zero-order chi connectivity index (χ0) is 7.98. The maximum absolute atomic E-state index is 10.7. The zero-order valence-electron chi connectivity index (χ0n) is 6.33. The lowest BCUT2D eigenvalue weighted by Crippen LogP contribution is -2.29. The lowest BCUT2D eigenvalue weighted by atomic mass is 10.6. The van der Waals surface area contributed by atoms with Crippen molar-refractivity contribution in [3.63, 3.8) is 0 Å². The minimum absolute atomic E-state index is 0.0324. The van der Waals surface area contributed by atoms with E-state index in [1.54, 1.807) is 14.0 Å². The summed E-state index contributed by atoms with van der Waals surface area (Å²) < 4.78 is 4.63. The van der Waals surface area contributed by atoms with Gasteiger partial charge in [-0.05, 0) is 6.92 Å². The number of ether oxygens (including phenoxy) is 1. The molecule has 0 saturated carbocycles. The zero-order valence-corrected chi connectivity index (χ0v) is 6.33. The number of amides is 1. The molecule has 4 nitrogen and oxygen atoms in total. The van der Waals surface area contributed by atoms with Crippen LogP contribution in [0.1, 0.15) is 6.92 Å². The summed E-state index contributed by atoms with van der Waals surface area (Å²) >= 11 is 0. The molecule has 0 unspecified atom stereocenters. The van der Waals surface area contributed by atoms with Gasteiger partial charge in [0.15, 0.2) is 0 Å². The average Bonchev–Trinajstić information content (AvgIpc) is 1.89. The topological polar surface area (TPSA) is 49.8 Å². The predicted octanol–water partition coefficient (Wildman–Crippen LogP) is 0.0670. The Morgan fingerprint density at radius 2 is 2.30 bits per heavy atom. The Morgan fingerprint density at radius 1 is 1.70 bits per heavy atom. The second kappa shape index (κ2) is 5.05. The Labute approximate surface area is 60.4 Å². The molecule has 1 amide bonds. The highest BCUT2D eigenvalue weighted by Crippen LogP contribution is 1.87. The maximum atomic E-state index is 10.7. The van der Waals surface area contributed by atoms with Crippen LogP contribution in [0.4, 0.5) is 4.79 Å². The second-order valence-corrected chi connectivity index (χ2v) is 1.84. The fraction of sp³-hybridized carbons (Fsp3) is 0.833. The summed E-state index contributed by atoms with van der Waals surface area (Å²) in [5.74, 6) is 0. The van der Waals surface area contributed by atoms with Crippen molar-refractivity contribution in [1.29, 1.82) is 0 Å². The van der Waals surface area contributed by atoms with Crippen LogP contribution in [0.25, 0.3) is 0 Å². The highest BCUT2D eigenvalue weighted by atomic mass is 16.6. The standard InChI is InChI=1S/C6H13NO3/c1-3-10-6(9)7(2)4-5-8/h8H,3-5H2,1-2H3. The summed E-state index contributed by atoms with van der Waals surface area (Å²) in [6.07, 6.45) is -0.392. The van der Waals surface area contributed by atoms with E-state index in [0.717, 1.165) is 0 Å². The predicted molar refractivity (Wildman–Crippen MR) is 36.7 cm³/mol. The molecule has 10 heavy (non-hydrogen) atoms. The molecule has 0 rings (SSSR count). The Balaban J connectivity index is 3.49. The molecule has 4 heteroatoms. The molecule has 60 valence electrons. The van der Waals surface area contributed by atoms with E-state index in [9.17, 15) is 4.79 Å². The number of hydrogen-bond donors (Lipinski definition) is 1. The number of aliphatic hydroxyl groups is 1. The summed E-state index contributed by atoms with van der Waals surface area (Å²) in [4.78, 5) is 12.0. The highest BCUT2D eigenvalue weighted by molar-refractivity contribution is 5.67. The monoisotopic (exact) mass is 147 g/mol. The molecule has 0 aromatic carbocycles. The number of hydrogen-bond acceptors (Lipinski definition) is 3. The lowest BCUT2D eigenvalue weighted by molar-refractivity contribution is 0.108. The average molecular weight is 147 g/mol. The first-order chi connectivity index (χ1) is 4.72. The third-order valence-corrected chi connectivity index (χ3v) is 1.01. The van der Waals surface area contributed by atoms with Gasteiger partial charge in [0.25, 0.3) is 0 Å². The fourth-order valence-electron chi connectivity index (χ4n) is 0.475.